The van der Waals surface area contributed by atoms with E-state index in [0.29, 0.717) is 39.0 Å². The summed E-state index contributed by atoms with van der Waals surface area (Å²) in [5.74, 6) is -1.37. The van der Waals surface area contributed by atoms with Crippen LogP contribution in [0.5, 0.6) is 0 Å². The molecule has 2 aliphatic heterocycles. The fraction of sp³-hybridized carbons (Fsp3) is 0.800. The van der Waals surface area contributed by atoms with Crippen LogP contribution in [0.1, 0.15) is 40.5 Å². The van der Waals surface area contributed by atoms with Gasteiger partial charge in [-0.05, 0) is 27.7 Å². The molecule has 0 aromatic rings. The van der Waals surface area contributed by atoms with Gasteiger partial charge in [-0.1, -0.05) is 0 Å². The van der Waals surface area contributed by atoms with Gasteiger partial charge in [0.1, 0.15) is 11.2 Å². The molecule has 2 saturated heterocycles. The van der Waals surface area contributed by atoms with Gasteiger partial charge < -0.3 is 19.3 Å². The summed E-state index contributed by atoms with van der Waals surface area (Å²) in [6.45, 7) is 9.08. The Bertz CT molecular complexity index is 475. The van der Waals surface area contributed by atoms with Crippen LogP contribution in [0.15, 0.2) is 0 Å². The Balaban J connectivity index is 1.98. The lowest BCUT2D eigenvalue weighted by Gasteiger charge is -2.45. The van der Waals surface area contributed by atoms with E-state index in [9.17, 15) is 14.4 Å². The van der Waals surface area contributed by atoms with Crippen molar-refractivity contribution in [3.63, 3.8) is 0 Å². The molecule has 0 bridgehead atoms. The average Bonchev–Trinajstić information content (AvgIpc) is 2.42. The van der Waals surface area contributed by atoms with Gasteiger partial charge in [0.2, 0.25) is 0 Å². The quantitative estimate of drug-likeness (QED) is 0.536. The molecule has 0 unspecified atom stereocenters. The monoisotopic (exact) mass is 312 g/mol. The van der Waals surface area contributed by atoms with Crippen molar-refractivity contribution in [2.45, 2.75) is 51.7 Å². The van der Waals surface area contributed by atoms with E-state index in [-0.39, 0.29) is 6.09 Å². The van der Waals surface area contributed by atoms with Gasteiger partial charge in [-0.15, -0.1) is 0 Å². The average molecular weight is 312 g/mol. The molecule has 0 N–H and O–H groups in total. The molecule has 2 aliphatic rings. The van der Waals surface area contributed by atoms with Crippen molar-refractivity contribution in [2.24, 2.45) is 0 Å². The number of carbonyl (C=O) groups excluding carboxylic acids is 3. The van der Waals surface area contributed by atoms with E-state index in [0.717, 1.165) is 0 Å². The summed E-state index contributed by atoms with van der Waals surface area (Å²) in [6, 6.07) is 0. The van der Waals surface area contributed by atoms with Crippen LogP contribution in [0, 0.1) is 0 Å². The van der Waals surface area contributed by atoms with Crippen LogP contribution in [0.25, 0.3) is 0 Å². The number of nitrogens with zero attached hydrogens (tertiary/aromatic N) is 2. The molecule has 2 amide bonds. The zero-order valence-corrected chi connectivity index (χ0v) is 13.7. The Morgan fingerprint density at radius 3 is 2.36 bits per heavy atom. The molecule has 0 radical (unpaired) electrons. The van der Waals surface area contributed by atoms with Gasteiger partial charge in [-0.25, -0.2) is 9.59 Å². The summed E-state index contributed by atoms with van der Waals surface area (Å²) in [5.41, 5.74) is -1.20. The number of ether oxygens (including phenoxy) is 2. The normalized spacial score (nSPS) is 21.8. The molecule has 22 heavy (non-hydrogen) atoms. The fourth-order valence-corrected chi connectivity index (χ4v) is 2.76. The van der Waals surface area contributed by atoms with Crippen LogP contribution < -0.4 is 0 Å². The lowest BCUT2D eigenvalue weighted by Crippen LogP contribution is -2.61. The molecule has 2 heterocycles. The molecule has 1 spiro atoms. The maximum Gasteiger partial charge on any atom is 0.410 e. The van der Waals surface area contributed by atoms with Gasteiger partial charge in [0.05, 0.1) is 6.54 Å². The highest BCUT2D eigenvalue weighted by Gasteiger charge is 2.47. The summed E-state index contributed by atoms with van der Waals surface area (Å²) in [4.78, 5) is 38.6. The number of likely N-dealkylation sites (tertiary alicyclic amines) is 1. The van der Waals surface area contributed by atoms with E-state index in [4.69, 9.17) is 9.47 Å². The minimum Gasteiger partial charge on any atom is -0.450 e. The van der Waals surface area contributed by atoms with Crippen molar-refractivity contribution in [1.82, 2.24) is 9.80 Å². The number of morpholine rings is 1. The van der Waals surface area contributed by atoms with E-state index >= 15 is 0 Å². The Kier molecular flexibility index (Phi) is 4.35. The Labute approximate surface area is 130 Å². The number of carbonyl (C=O) groups is 3. The topological polar surface area (TPSA) is 76.2 Å². The number of amides is 2. The largest absolute Gasteiger partial charge is 0.450 e. The molecular weight excluding hydrogens is 288 g/mol. The highest BCUT2D eigenvalue weighted by atomic mass is 16.6. The van der Waals surface area contributed by atoms with E-state index < -0.39 is 23.1 Å². The summed E-state index contributed by atoms with van der Waals surface area (Å²) >= 11 is 0. The number of hydrogen-bond donors (Lipinski definition) is 0. The highest BCUT2D eigenvalue weighted by molar-refractivity contribution is 6.33. The van der Waals surface area contributed by atoms with E-state index in [1.54, 1.807) is 4.90 Å². The smallest absolute Gasteiger partial charge is 0.410 e. The molecule has 124 valence electrons. The lowest BCUT2D eigenvalue weighted by molar-refractivity contribution is -0.189. The zero-order chi connectivity index (χ0) is 16.5. The Hall–Kier alpha value is -1.79. The predicted octanol–water partition coefficient (Wildman–Crippen LogP) is 1.16. The molecule has 0 aromatic heterocycles. The van der Waals surface area contributed by atoms with Gasteiger partial charge >= 0.3 is 18.0 Å². The zero-order valence-electron chi connectivity index (χ0n) is 13.7. The van der Waals surface area contributed by atoms with Crippen LogP contribution in [-0.2, 0) is 19.1 Å². The maximum absolute atomic E-state index is 12.1. The Morgan fingerprint density at radius 2 is 1.86 bits per heavy atom. The molecule has 0 atom stereocenters. The van der Waals surface area contributed by atoms with Crippen molar-refractivity contribution in [1.29, 1.82) is 0 Å². The van der Waals surface area contributed by atoms with Crippen molar-refractivity contribution in [3.8, 4) is 0 Å². The van der Waals surface area contributed by atoms with Crippen molar-refractivity contribution in [3.05, 3.63) is 0 Å². The van der Waals surface area contributed by atoms with Crippen LogP contribution in [-0.4, -0.2) is 65.2 Å². The predicted molar refractivity (Wildman–Crippen MR) is 78.1 cm³/mol. The summed E-state index contributed by atoms with van der Waals surface area (Å²) in [7, 11) is 0. The van der Waals surface area contributed by atoms with Gasteiger partial charge in [0, 0.05) is 32.5 Å². The molecular formula is C15H24N2O5. The molecule has 0 aromatic carbocycles. The van der Waals surface area contributed by atoms with Gasteiger partial charge in [0.15, 0.2) is 0 Å². The second kappa shape index (κ2) is 5.78. The maximum atomic E-state index is 12.1. The highest BCUT2D eigenvalue weighted by Crippen LogP contribution is 2.31. The third-order valence-corrected chi connectivity index (χ3v) is 3.96. The van der Waals surface area contributed by atoms with Crippen LogP contribution in [0.3, 0.4) is 0 Å². The van der Waals surface area contributed by atoms with Crippen LogP contribution >= 0.6 is 0 Å². The van der Waals surface area contributed by atoms with E-state index in [1.807, 2.05) is 27.7 Å². The number of rotatable bonds is 1. The second-order valence-electron chi connectivity index (χ2n) is 6.86. The molecule has 0 aliphatic carbocycles. The third-order valence-electron chi connectivity index (χ3n) is 3.96. The number of piperidine rings is 1. The number of hydrogen-bond acceptors (Lipinski definition) is 5. The van der Waals surface area contributed by atoms with Gasteiger partial charge in [-0.3, -0.25) is 4.79 Å². The molecule has 2 rings (SSSR count). The molecule has 7 nitrogen and oxygen atoms in total. The molecule has 0 saturated carbocycles. The summed E-state index contributed by atoms with van der Waals surface area (Å²) in [5, 5.41) is 0. The van der Waals surface area contributed by atoms with Crippen LogP contribution in [0.2, 0.25) is 0 Å². The first-order valence-electron chi connectivity index (χ1n) is 7.66. The summed E-state index contributed by atoms with van der Waals surface area (Å²) in [6.07, 6.45) is 0.677. The lowest BCUT2D eigenvalue weighted by atomic mass is 9.89. The second-order valence-corrected chi connectivity index (χ2v) is 6.86. The van der Waals surface area contributed by atoms with Gasteiger partial charge in [-0.2, -0.15) is 0 Å². The number of esters is 1. The molecule has 2 fully saturated rings. The Morgan fingerprint density at radius 1 is 1.27 bits per heavy atom. The van der Waals surface area contributed by atoms with Crippen molar-refractivity contribution in [2.75, 3.05) is 26.2 Å². The fourth-order valence-electron chi connectivity index (χ4n) is 2.76. The van der Waals surface area contributed by atoms with Gasteiger partial charge in [0.25, 0.3) is 0 Å². The summed E-state index contributed by atoms with van der Waals surface area (Å²) < 4.78 is 10.7. The van der Waals surface area contributed by atoms with E-state index in [1.165, 1.54) is 4.90 Å². The van der Waals surface area contributed by atoms with E-state index in [2.05, 4.69) is 0 Å². The minimum absolute atomic E-state index is 0.354. The minimum atomic E-state index is -0.793. The first-order chi connectivity index (χ1) is 10.2. The molecule has 7 heteroatoms. The van der Waals surface area contributed by atoms with Crippen molar-refractivity contribution < 1.29 is 23.9 Å². The third kappa shape index (κ3) is 3.51. The standard InChI is InChI=1S/C15H24N2O5/c1-5-16-10-15(21-12(19)11(16)18)6-8-17(9-7-15)13(20)22-14(2,3)4/h5-10H2,1-4H3. The SMILES string of the molecule is CCN1CC2(CCN(C(=O)OC(C)(C)C)CC2)OC(=O)C1=O. The van der Waals surface area contributed by atoms with Crippen molar-refractivity contribution >= 4 is 18.0 Å². The number of likely N-dealkylation sites (N-methyl/N-ethyl adjacent to an activating group) is 1. The first kappa shape index (κ1) is 16.6. The van der Waals surface area contributed by atoms with Crippen LogP contribution in [0.4, 0.5) is 4.79 Å². The first-order valence-corrected chi connectivity index (χ1v) is 7.66.